The average molecular weight is 312 g/mol. The van der Waals surface area contributed by atoms with Crippen molar-refractivity contribution in [3.63, 3.8) is 0 Å². The molecule has 1 aromatic carbocycles. The SMILES string of the molecule is CCCCCCCCCNc1ccc(Br)cc1C. The van der Waals surface area contributed by atoms with Crippen molar-refractivity contribution in [1.29, 1.82) is 0 Å². The van der Waals surface area contributed by atoms with Crippen LogP contribution in [0.25, 0.3) is 0 Å². The lowest BCUT2D eigenvalue weighted by atomic mass is 10.1. The number of nitrogens with one attached hydrogen (secondary N) is 1. The van der Waals surface area contributed by atoms with Crippen LogP contribution in [-0.4, -0.2) is 6.54 Å². The Morgan fingerprint density at radius 3 is 2.33 bits per heavy atom. The summed E-state index contributed by atoms with van der Waals surface area (Å²) in [5.41, 5.74) is 2.58. The molecule has 1 nitrogen and oxygen atoms in total. The minimum atomic E-state index is 1.09. The highest BCUT2D eigenvalue weighted by Crippen LogP contribution is 2.20. The summed E-state index contributed by atoms with van der Waals surface area (Å²) < 4.78 is 1.15. The van der Waals surface area contributed by atoms with Crippen LogP contribution < -0.4 is 5.32 Å². The highest BCUT2D eigenvalue weighted by atomic mass is 79.9. The second-order valence-corrected chi connectivity index (χ2v) is 5.92. The monoisotopic (exact) mass is 311 g/mol. The molecule has 2 heteroatoms. The third-order valence-electron chi connectivity index (χ3n) is 3.28. The number of hydrogen-bond donors (Lipinski definition) is 1. The molecule has 0 saturated carbocycles. The molecule has 0 fully saturated rings. The molecule has 0 bridgehead atoms. The maximum atomic E-state index is 3.52. The standard InChI is InChI=1S/C16H26BrN/c1-3-4-5-6-7-8-9-12-18-16-11-10-15(17)13-14(16)2/h10-11,13,18H,3-9,12H2,1-2H3. The Labute approximate surface area is 120 Å². The summed E-state index contributed by atoms with van der Waals surface area (Å²) in [4.78, 5) is 0. The molecule has 0 heterocycles. The van der Waals surface area contributed by atoms with Gasteiger partial charge in [0.15, 0.2) is 0 Å². The van der Waals surface area contributed by atoms with E-state index in [0.717, 1.165) is 11.0 Å². The van der Waals surface area contributed by atoms with Gasteiger partial charge in [0.05, 0.1) is 0 Å². The summed E-state index contributed by atoms with van der Waals surface area (Å²) in [5, 5.41) is 3.52. The van der Waals surface area contributed by atoms with Crippen molar-refractivity contribution in [3.8, 4) is 0 Å². The quantitative estimate of drug-likeness (QED) is 0.558. The van der Waals surface area contributed by atoms with E-state index in [1.807, 2.05) is 0 Å². The largest absolute Gasteiger partial charge is 0.385 e. The summed E-state index contributed by atoms with van der Waals surface area (Å²) in [5.74, 6) is 0. The van der Waals surface area contributed by atoms with Crippen molar-refractivity contribution in [3.05, 3.63) is 28.2 Å². The number of halogens is 1. The molecular formula is C16H26BrN. The molecule has 0 unspecified atom stereocenters. The Hall–Kier alpha value is -0.500. The number of hydrogen-bond acceptors (Lipinski definition) is 1. The van der Waals surface area contributed by atoms with Crippen LogP contribution in [0.4, 0.5) is 5.69 Å². The first kappa shape index (κ1) is 15.6. The lowest BCUT2D eigenvalue weighted by Gasteiger charge is -2.09. The van der Waals surface area contributed by atoms with E-state index in [1.165, 1.54) is 56.2 Å². The van der Waals surface area contributed by atoms with Crippen molar-refractivity contribution in [2.75, 3.05) is 11.9 Å². The van der Waals surface area contributed by atoms with Gasteiger partial charge in [-0.1, -0.05) is 61.4 Å². The third kappa shape index (κ3) is 6.44. The van der Waals surface area contributed by atoms with Crippen LogP contribution in [0, 0.1) is 6.92 Å². The van der Waals surface area contributed by atoms with Gasteiger partial charge in [-0.25, -0.2) is 0 Å². The molecule has 0 aliphatic rings. The Bertz CT molecular complexity index is 336. The molecule has 0 aliphatic carbocycles. The molecule has 18 heavy (non-hydrogen) atoms. The van der Waals surface area contributed by atoms with E-state index in [2.05, 4.69) is 53.3 Å². The fraction of sp³-hybridized carbons (Fsp3) is 0.625. The van der Waals surface area contributed by atoms with Gasteiger partial charge in [0, 0.05) is 16.7 Å². The van der Waals surface area contributed by atoms with Crippen LogP contribution >= 0.6 is 15.9 Å². The Morgan fingerprint density at radius 2 is 1.67 bits per heavy atom. The zero-order chi connectivity index (χ0) is 13.2. The summed E-state index contributed by atoms with van der Waals surface area (Å²) in [6.45, 7) is 5.51. The zero-order valence-corrected chi connectivity index (χ0v) is 13.4. The number of benzene rings is 1. The molecule has 0 atom stereocenters. The van der Waals surface area contributed by atoms with E-state index >= 15 is 0 Å². The van der Waals surface area contributed by atoms with Crippen LogP contribution in [0.5, 0.6) is 0 Å². The van der Waals surface area contributed by atoms with Crippen LogP contribution in [0.1, 0.15) is 57.4 Å². The lowest BCUT2D eigenvalue weighted by Crippen LogP contribution is -2.02. The van der Waals surface area contributed by atoms with Gasteiger partial charge < -0.3 is 5.32 Å². The van der Waals surface area contributed by atoms with E-state index in [-0.39, 0.29) is 0 Å². The summed E-state index contributed by atoms with van der Waals surface area (Å²) >= 11 is 3.49. The van der Waals surface area contributed by atoms with Crippen LogP contribution in [0.15, 0.2) is 22.7 Å². The summed E-state index contributed by atoms with van der Waals surface area (Å²) in [7, 11) is 0. The van der Waals surface area contributed by atoms with Crippen molar-refractivity contribution in [1.82, 2.24) is 0 Å². The first-order chi connectivity index (χ1) is 8.74. The molecule has 1 rings (SSSR count). The number of rotatable bonds is 9. The molecule has 0 spiro atoms. The zero-order valence-electron chi connectivity index (χ0n) is 11.8. The van der Waals surface area contributed by atoms with Crippen molar-refractivity contribution < 1.29 is 0 Å². The van der Waals surface area contributed by atoms with Crippen molar-refractivity contribution in [2.24, 2.45) is 0 Å². The first-order valence-corrected chi connectivity index (χ1v) is 8.03. The molecular weight excluding hydrogens is 286 g/mol. The topological polar surface area (TPSA) is 12.0 Å². The van der Waals surface area contributed by atoms with Crippen LogP contribution in [0.2, 0.25) is 0 Å². The minimum absolute atomic E-state index is 1.09. The molecule has 0 aliphatic heterocycles. The van der Waals surface area contributed by atoms with Gasteiger partial charge in [-0.3, -0.25) is 0 Å². The number of anilines is 1. The molecule has 1 N–H and O–H groups in total. The molecule has 0 amide bonds. The Balaban J connectivity index is 2.07. The highest BCUT2D eigenvalue weighted by Gasteiger charge is 1.98. The van der Waals surface area contributed by atoms with Gasteiger partial charge in [0.2, 0.25) is 0 Å². The highest BCUT2D eigenvalue weighted by molar-refractivity contribution is 9.10. The molecule has 0 radical (unpaired) electrons. The van der Waals surface area contributed by atoms with E-state index < -0.39 is 0 Å². The second-order valence-electron chi connectivity index (χ2n) is 5.01. The van der Waals surface area contributed by atoms with Gasteiger partial charge in [0.1, 0.15) is 0 Å². The number of unbranched alkanes of at least 4 members (excludes halogenated alkanes) is 6. The number of aryl methyl sites for hydroxylation is 1. The van der Waals surface area contributed by atoms with Gasteiger partial charge >= 0.3 is 0 Å². The maximum absolute atomic E-state index is 3.52. The molecule has 0 saturated heterocycles. The molecule has 1 aromatic rings. The summed E-state index contributed by atoms with van der Waals surface area (Å²) in [6.07, 6.45) is 9.58. The van der Waals surface area contributed by atoms with Crippen molar-refractivity contribution >= 4 is 21.6 Å². The van der Waals surface area contributed by atoms with Gasteiger partial charge in [-0.05, 0) is 37.1 Å². The predicted octanol–water partition coefficient (Wildman–Crippen LogP) is 5.92. The van der Waals surface area contributed by atoms with E-state index in [1.54, 1.807) is 0 Å². The fourth-order valence-corrected chi connectivity index (χ4v) is 2.61. The Kier molecular flexibility index (Phi) is 8.15. The van der Waals surface area contributed by atoms with Gasteiger partial charge in [-0.2, -0.15) is 0 Å². The van der Waals surface area contributed by atoms with Gasteiger partial charge in [0.25, 0.3) is 0 Å². The fourth-order valence-electron chi connectivity index (χ4n) is 2.13. The van der Waals surface area contributed by atoms with E-state index in [9.17, 15) is 0 Å². The van der Waals surface area contributed by atoms with E-state index in [4.69, 9.17) is 0 Å². The molecule has 0 aromatic heterocycles. The second kappa shape index (κ2) is 9.43. The maximum Gasteiger partial charge on any atom is 0.0370 e. The first-order valence-electron chi connectivity index (χ1n) is 7.24. The average Bonchev–Trinajstić information content (AvgIpc) is 2.35. The van der Waals surface area contributed by atoms with Gasteiger partial charge in [-0.15, -0.1) is 0 Å². The molecule has 102 valence electrons. The van der Waals surface area contributed by atoms with Crippen LogP contribution in [0.3, 0.4) is 0 Å². The van der Waals surface area contributed by atoms with Crippen LogP contribution in [-0.2, 0) is 0 Å². The summed E-state index contributed by atoms with van der Waals surface area (Å²) in [6, 6.07) is 6.41. The van der Waals surface area contributed by atoms with Crippen molar-refractivity contribution in [2.45, 2.75) is 58.8 Å². The van der Waals surface area contributed by atoms with E-state index in [0.29, 0.717) is 0 Å². The Morgan fingerprint density at radius 1 is 1.00 bits per heavy atom. The third-order valence-corrected chi connectivity index (χ3v) is 3.78. The predicted molar refractivity (Wildman–Crippen MR) is 85.4 cm³/mol. The lowest BCUT2D eigenvalue weighted by molar-refractivity contribution is 0.596. The normalized spacial score (nSPS) is 10.6. The smallest absolute Gasteiger partial charge is 0.0370 e. The minimum Gasteiger partial charge on any atom is -0.385 e.